The third-order valence-electron chi connectivity index (χ3n) is 4.55. The molecule has 1 fully saturated rings. The molecule has 1 aliphatic rings. The molecule has 3 aromatic rings. The second-order valence-corrected chi connectivity index (χ2v) is 7.02. The summed E-state index contributed by atoms with van der Waals surface area (Å²) in [5.74, 6) is -0.0920. The largest absolute Gasteiger partial charge is 0.368 e. The Hall–Kier alpha value is -2.64. The predicted molar refractivity (Wildman–Crippen MR) is 104 cm³/mol. The molecule has 1 aromatic heterocycles. The minimum atomic E-state index is -0.0920. The average Bonchev–Trinajstić information content (AvgIpc) is 3.23. The van der Waals surface area contributed by atoms with E-state index in [-0.39, 0.29) is 5.91 Å². The topological polar surface area (TPSA) is 67.2 Å². The van der Waals surface area contributed by atoms with E-state index in [2.05, 4.69) is 20.4 Å². The second-order valence-electron chi connectivity index (χ2n) is 6.17. The molecule has 27 heavy (non-hydrogen) atoms. The van der Waals surface area contributed by atoms with Crippen LogP contribution in [0.25, 0.3) is 5.69 Å². The van der Waals surface area contributed by atoms with Crippen LogP contribution in [0.2, 0.25) is 10.0 Å². The van der Waals surface area contributed by atoms with Crippen molar-refractivity contribution in [2.45, 2.75) is 0 Å². The van der Waals surface area contributed by atoms with Crippen molar-refractivity contribution in [3.63, 3.8) is 0 Å². The molecule has 1 aliphatic heterocycles. The van der Waals surface area contributed by atoms with Crippen molar-refractivity contribution in [1.29, 1.82) is 0 Å². The van der Waals surface area contributed by atoms with E-state index in [1.165, 1.54) is 11.0 Å². The molecule has 1 saturated heterocycles. The fraction of sp³-hybridized carbons (Fsp3) is 0.222. The SMILES string of the molecule is O=C(c1cc(-n2cnnn2)ccc1Cl)N1CCN(c2ccc(Cl)cc2)CC1. The molecular weight excluding hydrogens is 387 g/mol. The van der Waals surface area contributed by atoms with Crippen LogP contribution in [-0.4, -0.2) is 57.2 Å². The highest BCUT2D eigenvalue weighted by Gasteiger charge is 2.24. The molecule has 0 spiro atoms. The molecule has 0 aliphatic carbocycles. The first-order valence-corrected chi connectivity index (χ1v) is 9.20. The van der Waals surface area contributed by atoms with E-state index in [0.29, 0.717) is 34.4 Å². The lowest BCUT2D eigenvalue weighted by atomic mass is 10.1. The first kappa shape index (κ1) is 17.8. The number of nitrogens with zero attached hydrogens (tertiary/aromatic N) is 6. The van der Waals surface area contributed by atoms with Crippen molar-refractivity contribution in [1.82, 2.24) is 25.1 Å². The normalized spacial score (nSPS) is 14.4. The number of aromatic nitrogens is 4. The third kappa shape index (κ3) is 3.74. The summed E-state index contributed by atoms with van der Waals surface area (Å²) in [7, 11) is 0. The summed E-state index contributed by atoms with van der Waals surface area (Å²) in [6, 6.07) is 12.9. The first-order chi connectivity index (χ1) is 13.1. The van der Waals surface area contributed by atoms with E-state index in [4.69, 9.17) is 23.2 Å². The Morgan fingerprint density at radius 2 is 1.63 bits per heavy atom. The molecule has 0 bridgehead atoms. The van der Waals surface area contributed by atoms with Gasteiger partial charge in [0.2, 0.25) is 0 Å². The summed E-state index contributed by atoms with van der Waals surface area (Å²) in [5, 5.41) is 12.2. The summed E-state index contributed by atoms with van der Waals surface area (Å²) in [4.78, 5) is 17.0. The van der Waals surface area contributed by atoms with Crippen LogP contribution in [0.4, 0.5) is 5.69 Å². The minimum Gasteiger partial charge on any atom is -0.368 e. The molecule has 1 amide bonds. The molecule has 0 atom stereocenters. The molecule has 0 radical (unpaired) electrons. The zero-order chi connectivity index (χ0) is 18.8. The van der Waals surface area contributed by atoms with Gasteiger partial charge in [0, 0.05) is 36.9 Å². The zero-order valence-electron chi connectivity index (χ0n) is 14.3. The van der Waals surface area contributed by atoms with Crippen molar-refractivity contribution >= 4 is 34.8 Å². The van der Waals surface area contributed by atoms with Gasteiger partial charge >= 0.3 is 0 Å². The van der Waals surface area contributed by atoms with Gasteiger partial charge in [0.1, 0.15) is 6.33 Å². The molecule has 2 aromatic carbocycles. The lowest BCUT2D eigenvalue weighted by Crippen LogP contribution is -2.48. The number of hydrogen-bond donors (Lipinski definition) is 0. The lowest BCUT2D eigenvalue weighted by molar-refractivity contribution is 0.0747. The number of rotatable bonds is 3. The maximum atomic E-state index is 13.0. The van der Waals surface area contributed by atoms with Gasteiger partial charge in [-0.25, -0.2) is 4.68 Å². The van der Waals surface area contributed by atoms with Crippen LogP contribution in [0.15, 0.2) is 48.8 Å². The highest BCUT2D eigenvalue weighted by molar-refractivity contribution is 6.34. The van der Waals surface area contributed by atoms with Crippen LogP contribution < -0.4 is 4.90 Å². The monoisotopic (exact) mass is 402 g/mol. The van der Waals surface area contributed by atoms with Crippen LogP contribution in [0.5, 0.6) is 0 Å². The van der Waals surface area contributed by atoms with Gasteiger partial charge in [0.25, 0.3) is 5.91 Å². The maximum absolute atomic E-state index is 13.0. The number of hydrogen-bond acceptors (Lipinski definition) is 5. The fourth-order valence-electron chi connectivity index (χ4n) is 3.09. The predicted octanol–water partition coefficient (Wildman–Crippen LogP) is 2.93. The first-order valence-electron chi connectivity index (χ1n) is 8.44. The number of carbonyl (C=O) groups excluding carboxylic acids is 1. The van der Waals surface area contributed by atoms with E-state index >= 15 is 0 Å². The van der Waals surface area contributed by atoms with Crippen molar-refractivity contribution in [2.24, 2.45) is 0 Å². The molecule has 0 saturated carbocycles. The molecule has 0 unspecified atom stereocenters. The van der Waals surface area contributed by atoms with Gasteiger partial charge in [0.15, 0.2) is 0 Å². The molecular formula is C18H16Cl2N6O. The molecule has 4 rings (SSSR count). The third-order valence-corrected chi connectivity index (χ3v) is 5.13. The fourth-order valence-corrected chi connectivity index (χ4v) is 3.41. The summed E-state index contributed by atoms with van der Waals surface area (Å²) in [5.41, 5.74) is 2.24. The van der Waals surface area contributed by atoms with Crippen molar-refractivity contribution < 1.29 is 4.79 Å². The molecule has 2 heterocycles. The highest BCUT2D eigenvalue weighted by Crippen LogP contribution is 2.23. The number of tetrazole rings is 1. The Morgan fingerprint density at radius 3 is 2.30 bits per heavy atom. The van der Waals surface area contributed by atoms with Gasteiger partial charge in [-0.3, -0.25) is 4.79 Å². The zero-order valence-corrected chi connectivity index (χ0v) is 15.8. The Balaban J connectivity index is 1.48. The molecule has 138 valence electrons. The number of anilines is 1. The Bertz CT molecular complexity index is 937. The summed E-state index contributed by atoms with van der Waals surface area (Å²) < 4.78 is 1.49. The molecule has 9 heteroatoms. The summed E-state index contributed by atoms with van der Waals surface area (Å²) >= 11 is 12.2. The smallest absolute Gasteiger partial charge is 0.255 e. The van der Waals surface area contributed by atoms with Gasteiger partial charge < -0.3 is 9.80 Å². The van der Waals surface area contributed by atoms with Crippen LogP contribution in [0, 0.1) is 0 Å². The summed E-state index contributed by atoms with van der Waals surface area (Å²) in [6.07, 6.45) is 1.47. The van der Waals surface area contributed by atoms with E-state index in [9.17, 15) is 4.79 Å². The Labute approximate surface area is 166 Å². The van der Waals surface area contributed by atoms with Gasteiger partial charge in [-0.1, -0.05) is 23.2 Å². The van der Waals surface area contributed by atoms with Crippen LogP contribution >= 0.6 is 23.2 Å². The van der Waals surface area contributed by atoms with Gasteiger partial charge in [-0.05, 0) is 52.9 Å². The molecule has 0 N–H and O–H groups in total. The van der Waals surface area contributed by atoms with E-state index in [1.807, 2.05) is 29.2 Å². The number of carbonyl (C=O) groups is 1. The van der Waals surface area contributed by atoms with E-state index < -0.39 is 0 Å². The number of amides is 1. The van der Waals surface area contributed by atoms with E-state index in [0.717, 1.165) is 18.8 Å². The van der Waals surface area contributed by atoms with Crippen LogP contribution in [-0.2, 0) is 0 Å². The van der Waals surface area contributed by atoms with Gasteiger partial charge in [-0.2, -0.15) is 0 Å². The van der Waals surface area contributed by atoms with Crippen molar-refractivity contribution in [2.75, 3.05) is 31.1 Å². The van der Waals surface area contributed by atoms with Crippen molar-refractivity contribution in [3.05, 3.63) is 64.4 Å². The van der Waals surface area contributed by atoms with E-state index in [1.54, 1.807) is 18.2 Å². The summed E-state index contributed by atoms with van der Waals surface area (Å²) in [6.45, 7) is 2.73. The standard InChI is InChI=1S/C18H16Cl2N6O/c19-13-1-3-14(4-2-13)24-7-9-25(10-8-24)18(27)16-11-15(5-6-17(16)20)26-12-21-22-23-26/h1-6,11-12H,7-10H2. The number of benzene rings is 2. The Kier molecular flexibility index (Phi) is 4.96. The number of halogens is 2. The number of piperazine rings is 1. The Morgan fingerprint density at radius 1 is 0.926 bits per heavy atom. The van der Waals surface area contributed by atoms with Gasteiger partial charge in [0.05, 0.1) is 16.3 Å². The maximum Gasteiger partial charge on any atom is 0.255 e. The minimum absolute atomic E-state index is 0.0920. The van der Waals surface area contributed by atoms with Crippen LogP contribution in [0.3, 0.4) is 0 Å². The lowest BCUT2D eigenvalue weighted by Gasteiger charge is -2.36. The highest BCUT2D eigenvalue weighted by atomic mass is 35.5. The average molecular weight is 403 g/mol. The van der Waals surface area contributed by atoms with Crippen molar-refractivity contribution in [3.8, 4) is 5.69 Å². The molecule has 7 nitrogen and oxygen atoms in total. The quantitative estimate of drug-likeness (QED) is 0.673. The van der Waals surface area contributed by atoms with Gasteiger partial charge in [-0.15, -0.1) is 5.10 Å². The second kappa shape index (κ2) is 7.54. The van der Waals surface area contributed by atoms with Crippen LogP contribution in [0.1, 0.15) is 10.4 Å².